The first kappa shape index (κ1) is 29.6. The second kappa shape index (κ2) is 15.6. The molecule has 0 fully saturated rings. The van der Waals surface area contributed by atoms with Crippen LogP contribution in [0.15, 0.2) is 132 Å². The van der Waals surface area contributed by atoms with E-state index in [0.717, 1.165) is 55.1 Å². The van der Waals surface area contributed by atoms with Crippen molar-refractivity contribution in [2.45, 2.75) is 61.1 Å². The zero-order valence-corrected chi connectivity index (χ0v) is 33.2. The van der Waals surface area contributed by atoms with Crippen LogP contribution in [0.2, 0.25) is 0 Å². The molecule has 0 atom stereocenters. The second-order valence-corrected chi connectivity index (χ2v) is 15.0. The number of fused-ring (bicyclic) bond motifs is 5. The van der Waals surface area contributed by atoms with E-state index in [0.29, 0.717) is 22.4 Å². The summed E-state index contributed by atoms with van der Waals surface area (Å²) in [6.07, 6.45) is 0.479. The monoisotopic (exact) mass is 878 g/mol. The van der Waals surface area contributed by atoms with E-state index in [1.165, 1.54) is 12.3 Å². The predicted octanol–water partition coefficient (Wildman–Crippen LogP) is 13.3. The van der Waals surface area contributed by atoms with Crippen LogP contribution in [0, 0.1) is 29.8 Å². The minimum absolute atomic E-state index is 0. The molecule has 8 rings (SSSR count). The molecule has 269 valence electrons. The number of hydrogen-bond donors (Lipinski definition) is 0. The maximum atomic E-state index is 8.51. The van der Waals surface area contributed by atoms with Crippen molar-refractivity contribution in [3.05, 3.63) is 156 Å². The van der Waals surface area contributed by atoms with Gasteiger partial charge < -0.3 is 14.4 Å². The molecule has 3 nitrogen and oxygen atoms in total. The Morgan fingerprint density at radius 3 is 1.96 bits per heavy atom. The molecule has 0 bridgehead atoms. The molecule has 53 heavy (non-hydrogen) atoms. The van der Waals surface area contributed by atoms with E-state index >= 15 is 0 Å². The zero-order chi connectivity index (χ0) is 42.5. The summed E-state index contributed by atoms with van der Waals surface area (Å²) in [6, 6.07) is 42.6. The quantitative estimate of drug-likeness (QED) is 0.162. The summed E-state index contributed by atoms with van der Waals surface area (Å²) in [5, 5.41) is 4.39. The predicted molar refractivity (Wildman–Crippen MR) is 218 cm³/mol. The van der Waals surface area contributed by atoms with Crippen LogP contribution in [0.1, 0.15) is 67.8 Å². The molecule has 3 aromatic heterocycles. The number of rotatable bonds is 5. The Bertz CT molecular complexity index is 2750. The summed E-state index contributed by atoms with van der Waals surface area (Å²) in [7, 11) is 0. The normalized spacial score (nSPS) is 14.4. The number of furan rings is 1. The van der Waals surface area contributed by atoms with Gasteiger partial charge in [0.15, 0.2) is 0 Å². The van der Waals surface area contributed by atoms with E-state index in [1.807, 2.05) is 108 Å². The summed E-state index contributed by atoms with van der Waals surface area (Å²) < 4.78 is 62.0. The fourth-order valence-electron chi connectivity index (χ4n) is 6.20. The van der Waals surface area contributed by atoms with Gasteiger partial charge in [0.05, 0.1) is 5.58 Å². The number of benzene rings is 5. The van der Waals surface area contributed by atoms with Crippen molar-refractivity contribution < 1.29 is 34.1 Å². The molecule has 0 aliphatic heterocycles. The van der Waals surface area contributed by atoms with Gasteiger partial charge in [-0.05, 0) is 62.6 Å². The van der Waals surface area contributed by atoms with E-state index in [9.17, 15) is 0 Å². The largest absolute Gasteiger partial charge is 0.500 e. The zero-order valence-electron chi connectivity index (χ0n) is 37.8. The Balaban J connectivity index is 0.000000219. The van der Waals surface area contributed by atoms with Crippen LogP contribution in [0.3, 0.4) is 0 Å². The van der Waals surface area contributed by atoms with Crippen LogP contribution in [0.5, 0.6) is 0 Å². The van der Waals surface area contributed by atoms with E-state index in [4.69, 9.17) is 19.0 Å². The Morgan fingerprint density at radius 1 is 0.623 bits per heavy atom. The van der Waals surface area contributed by atoms with Gasteiger partial charge in [-0.1, -0.05) is 144 Å². The van der Waals surface area contributed by atoms with E-state index in [-0.39, 0.29) is 25.7 Å². The van der Waals surface area contributed by atoms with Gasteiger partial charge in [-0.25, -0.2) is 0 Å². The van der Waals surface area contributed by atoms with E-state index in [1.54, 1.807) is 24.3 Å². The summed E-state index contributed by atoms with van der Waals surface area (Å²) >= 11 is 0. The fourth-order valence-corrected chi connectivity index (χ4v) is 6.20. The van der Waals surface area contributed by atoms with Gasteiger partial charge in [-0.2, -0.15) is 0 Å². The average Bonchev–Trinajstić information content (AvgIpc) is 3.60. The van der Waals surface area contributed by atoms with Crippen LogP contribution in [0.25, 0.3) is 66.4 Å². The Kier molecular flexibility index (Phi) is 8.70. The summed E-state index contributed by atoms with van der Waals surface area (Å²) in [4.78, 5) is 9.06. The van der Waals surface area contributed by atoms with Gasteiger partial charge in [-0.3, -0.25) is 0 Å². The van der Waals surface area contributed by atoms with Gasteiger partial charge in [0.1, 0.15) is 5.58 Å². The number of aryl methyl sites for hydroxylation is 1. The van der Waals surface area contributed by atoms with Crippen molar-refractivity contribution in [1.29, 1.82) is 0 Å². The Labute approximate surface area is 337 Å². The smallest absolute Gasteiger partial charge is 0.128 e. The maximum absolute atomic E-state index is 8.51. The first-order valence-electron chi connectivity index (χ1n) is 21.0. The molecule has 4 heteroatoms. The molecule has 0 N–H and O–H groups in total. The van der Waals surface area contributed by atoms with Gasteiger partial charge in [-0.15, -0.1) is 53.6 Å². The number of nitrogens with zero attached hydrogens (tertiary/aromatic N) is 2. The summed E-state index contributed by atoms with van der Waals surface area (Å²) in [5.74, 6) is 0. The van der Waals surface area contributed by atoms with E-state index in [2.05, 4.69) is 41.4 Å². The van der Waals surface area contributed by atoms with Gasteiger partial charge in [0, 0.05) is 52.9 Å². The summed E-state index contributed by atoms with van der Waals surface area (Å²) in [5.41, 5.74) is 7.02. The van der Waals surface area contributed by atoms with Crippen molar-refractivity contribution in [2.24, 2.45) is 10.8 Å². The third-order valence-corrected chi connectivity index (χ3v) is 8.45. The van der Waals surface area contributed by atoms with Crippen molar-refractivity contribution >= 4 is 32.7 Å². The van der Waals surface area contributed by atoms with Crippen LogP contribution < -0.4 is 0 Å². The van der Waals surface area contributed by atoms with Crippen molar-refractivity contribution in [1.82, 2.24) is 9.97 Å². The van der Waals surface area contributed by atoms with Crippen molar-refractivity contribution in [2.75, 3.05) is 0 Å². The molecule has 0 saturated heterocycles. The average molecular weight is 878 g/mol. The van der Waals surface area contributed by atoms with Gasteiger partial charge in [0.2, 0.25) is 0 Å². The Hall–Kier alpha value is -4.89. The van der Waals surface area contributed by atoms with E-state index < -0.39 is 30.4 Å². The van der Waals surface area contributed by atoms with Crippen molar-refractivity contribution in [3.63, 3.8) is 0 Å². The van der Waals surface area contributed by atoms with Crippen LogP contribution >= 0.6 is 0 Å². The van der Waals surface area contributed by atoms with Crippen LogP contribution in [-0.2, 0) is 32.9 Å². The minimum atomic E-state index is -2.14. The maximum Gasteiger partial charge on any atom is 0.128 e. The van der Waals surface area contributed by atoms with Crippen LogP contribution in [0.4, 0.5) is 0 Å². The molecule has 8 aromatic rings. The minimum Gasteiger partial charge on any atom is -0.500 e. The van der Waals surface area contributed by atoms with Gasteiger partial charge >= 0.3 is 0 Å². The van der Waals surface area contributed by atoms with Crippen LogP contribution in [-0.4, -0.2) is 9.97 Å². The molecule has 0 amide bonds. The molecular weight excluding hydrogens is 825 g/mol. The number of hydrogen-bond acceptors (Lipinski definition) is 3. The topological polar surface area (TPSA) is 38.9 Å². The SMILES string of the molecule is [2H]C([2H])([2H])c1c[c-]c(-c2ccc(C([2H])([2H])C(C)(C)C)cn2)cc1.[2H]C([2H])(c1ccc(-c2ccc(-c3[c-]ccc4c3oc3c5ccccc5ccc43)nc2)cc1)C(C)(C)C.[Ir]. The number of pyridine rings is 2. The first-order chi connectivity index (χ1) is 27.7. The molecule has 1 radical (unpaired) electrons. The fraction of sp³-hybridized carbons (Fsp3) is 0.224. The standard InChI is InChI=1S/C32H26NO.C17H20N.Ir/c1-32(2,3)19-21-11-13-22(14-12-21)24-16-18-29(33-20-24)28-10-6-9-26-27-17-15-23-7-4-5-8-25(23)30(27)34-31(26)28;1-13-5-8-15(9-6-13)16-10-7-14(12-18-16)11-17(2,3)4;/h4-9,11-18,20H,19H2,1-3H3;5-8,10,12H,11H2,1-4H3;/q2*-1;/i19D2;1D3,11D2;. The first-order valence-corrected chi connectivity index (χ1v) is 17.5. The van der Waals surface area contributed by atoms with Crippen molar-refractivity contribution in [3.8, 4) is 33.6 Å². The molecular formula is C49H46IrN2O-2. The molecule has 0 saturated carbocycles. The molecule has 5 aromatic carbocycles. The second-order valence-electron chi connectivity index (χ2n) is 15.0. The molecule has 3 heterocycles. The number of aromatic nitrogens is 2. The molecule has 0 aliphatic carbocycles. The molecule has 0 aliphatic rings. The molecule has 0 spiro atoms. The Morgan fingerprint density at radius 2 is 1.30 bits per heavy atom. The third kappa shape index (κ3) is 9.02. The molecule has 0 unspecified atom stereocenters. The third-order valence-electron chi connectivity index (χ3n) is 8.45. The summed E-state index contributed by atoms with van der Waals surface area (Å²) in [6.45, 7) is 9.17. The van der Waals surface area contributed by atoms with Gasteiger partial charge in [0.25, 0.3) is 0 Å².